The van der Waals surface area contributed by atoms with Gasteiger partial charge < -0.3 is 34.4 Å². The van der Waals surface area contributed by atoms with Gasteiger partial charge in [-0.05, 0) is 123 Å². The van der Waals surface area contributed by atoms with Gasteiger partial charge in [-0.15, -0.1) is 0 Å². The van der Waals surface area contributed by atoms with Crippen molar-refractivity contribution in [1.29, 1.82) is 0 Å². The normalized spacial score (nSPS) is 48.9. The summed E-state index contributed by atoms with van der Waals surface area (Å²) < 4.78 is 19.4. The molecule has 2 heterocycles. The summed E-state index contributed by atoms with van der Waals surface area (Å²) in [5.74, 6) is 3.29. The molecule has 2 aliphatic heterocycles. The molecule has 6 saturated carbocycles. The second-order valence-electron chi connectivity index (χ2n) is 19.0. The Bertz CT molecular complexity index is 1260. The molecule has 0 bridgehead atoms. The Morgan fingerprint density at radius 1 is 1.11 bits per heavy atom. The second kappa shape index (κ2) is 10.6. The molecule has 2 spiro atoms. The van der Waals surface area contributed by atoms with Gasteiger partial charge in [0.15, 0.2) is 6.29 Å². The number of aliphatic hydroxyl groups is 3. The van der Waals surface area contributed by atoms with E-state index in [1.165, 1.54) is 25.7 Å². The number of carbonyl (C=O) groups excluding carboxylic acids is 1. The third-order valence-electron chi connectivity index (χ3n) is 15.8. The number of hydrogen-bond donors (Lipinski definition) is 3. The molecular formula is C39H60NO7. The van der Waals surface area contributed by atoms with E-state index < -0.39 is 23.2 Å². The predicted octanol–water partition coefficient (Wildman–Crippen LogP) is 5.59. The van der Waals surface area contributed by atoms with Crippen LogP contribution in [-0.4, -0.2) is 76.0 Å². The van der Waals surface area contributed by atoms with Crippen molar-refractivity contribution in [3.63, 3.8) is 0 Å². The summed E-state index contributed by atoms with van der Waals surface area (Å²) in [7, 11) is 0. The quantitative estimate of drug-likeness (QED) is 0.343. The van der Waals surface area contributed by atoms with Gasteiger partial charge in [0.05, 0.1) is 31.0 Å². The average Bonchev–Trinajstić information content (AvgIpc) is 3.93. The highest BCUT2D eigenvalue weighted by Crippen LogP contribution is 2.90. The molecule has 3 radical (unpaired) electrons. The lowest BCUT2D eigenvalue weighted by Gasteiger charge is -2.63. The first-order valence-corrected chi connectivity index (χ1v) is 18.9. The molecule has 47 heavy (non-hydrogen) atoms. The number of morpholine rings is 1. The van der Waals surface area contributed by atoms with Crippen LogP contribution in [0.25, 0.3) is 0 Å². The van der Waals surface area contributed by atoms with Crippen molar-refractivity contribution in [2.75, 3.05) is 19.7 Å². The zero-order valence-electron chi connectivity index (χ0n) is 29.9. The monoisotopic (exact) mass is 654 g/mol. The van der Waals surface area contributed by atoms with E-state index in [-0.39, 0.29) is 51.8 Å². The summed E-state index contributed by atoms with van der Waals surface area (Å²) >= 11 is 0. The van der Waals surface area contributed by atoms with E-state index in [1.807, 2.05) is 4.90 Å². The number of amides is 1. The van der Waals surface area contributed by atoms with E-state index in [9.17, 15) is 20.1 Å². The van der Waals surface area contributed by atoms with Crippen molar-refractivity contribution in [3.8, 4) is 0 Å². The average molecular weight is 655 g/mol. The first-order chi connectivity index (χ1) is 22.0. The van der Waals surface area contributed by atoms with Crippen LogP contribution in [0.5, 0.6) is 0 Å². The summed E-state index contributed by atoms with van der Waals surface area (Å²) in [5.41, 5.74) is -1.46. The fourth-order valence-electron chi connectivity index (χ4n) is 13.0. The van der Waals surface area contributed by atoms with Crippen LogP contribution in [-0.2, 0) is 19.0 Å². The van der Waals surface area contributed by atoms with Gasteiger partial charge in [0, 0.05) is 24.3 Å². The minimum Gasteiger partial charge on any atom is -0.389 e. The summed E-state index contributed by atoms with van der Waals surface area (Å²) in [6, 6.07) is 0. The third kappa shape index (κ3) is 4.55. The highest BCUT2D eigenvalue weighted by molar-refractivity contribution is 5.76. The minimum absolute atomic E-state index is 0.0235. The van der Waals surface area contributed by atoms with Crippen molar-refractivity contribution in [2.45, 2.75) is 149 Å². The topological polar surface area (TPSA) is 109 Å². The lowest BCUT2D eigenvalue weighted by Crippen LogP contribution is -2.59. The molecule has 11 atom stereocenters. The summed E-state index contributed by atoms with van der Waals surface area (Å²) in [6.07, 6.45) is 10.5. The number of hydrogen-bond acceptors (Lipinski definition) is 7. The van der Waals surface area contributed by atoms with Crippen LogP contribution in [0.15, 0.2) is 0 Å². The van der Waals surface area contributed by atoms with Crippen molar-refractivity contribution in [2.24, 2.45) is 50.7 Å². The summed E-state index contributed by atoms with van der Waals surface area (Å²) in [4.78, 5) is 14.9. The van der Waals surface area contributed by atoms with Gasteiger partial charge in [-0.3, -0.25) is 4.79 Å². The zero-order valence-corrected chi connectivity index (χ0v) is 29.9. The first-order valence-electron chi connectivity index (χ1n) is 18.9. The van der Waals surface area contributed by atoms with Crippen LogP contribution in [0.3, 0.4) is 0 Å². The van der Waals surface area contributed by atoms with E-state index in [4.69, 9.17) is 14.2 Å². The predicted molar refractivity (Wildman–Crippen MR) is 176 cm³/mol. The van der Waals surface area contributed by atoms with E-state index in [2.05, 4.69) is 34.6 Å². The van der Waals surface area contributed by atoms with Crippen molar-refractivity contribution >= 4 is 5.91 Å². The molecule has 1 amide bonds. The van der Waals surface area contributed by atoms with E-state index >= 15 is 0 Å². The molecule has 8 rings (SSSR count). The maximum absolute atomic E-state index is 12.9. The fourth-order valence-corrected chi connectivity index (χ4v) is 13.0. The maximum atomic E-state index is 12.9. The number of aliphatic hydroxyl groups excluding tert-OH is 2. The Hall–Kier alpha value is -0.770. The highest BCUT2D eigenvalue weighted by atomic mass is 16.7. The summed E-state index contributed by atoms with van der Waals surface area (Å²) in [5, 5.41) is 33.9. The second-order valence-corrected chi connectivity index (χ2v) is 19.0. The van der Waals surface area contributed by atoms with Gasteiger partial charge >= 0.3 is 0 Å². The molecule has 3 N–H and O–H groups in total. The van der Waals surface area contributed by atoms with Gasteiger partial charge in [0.1, 0.15) is 18.3 Å². The van der Waals surface area contributed by atoms with E-state index in [1.54, 1.807) is 19.8 Å². The van der Waals surface area contributed by atoms with Gasteiger partial charge in [-0.1, -0.05) is 34.6 Å². The third-order valence-corrected chi connectivity index (χ3v) is 15.8. The standard InChI is InChI=1S/C39H60NO7/c1-22-18-24(32(42)35(4,5)44)46-31-30(22)36(6)14-15-39-21-38(39)13-12-27(34(2,3)25(38)10-11-26(39)37(36,7)33(31)43)47-29-20-40(16-17-45-29)28(41)19-23-8-9-23/h22-23,25,27,29-30,32-33,42-44H,8-21H2,1-7H3/t22-,25+,27?,29+,30+,32+,33+,36-,37-,38-,39+/m1/s1. The highest BCUT2D eigenvalue weighted by Gasteiger charge is 2.85. The number of rotatable bonds is 6. The van der Waals surface area contributed by atoms with E-state index in [0.29, 0.717) is 50.5 Å². The zero-order chi connectivity index (χ0) is 33.5. The van der Waals surface area contributed by atoms with Crippen LogP contribution < -0.4 is 0 Å². The number of ether oxygens (including phenoxy) is 3. The summed E-state index contributed by atoms with van der Waals surface area (Å²) in [6.45, 7) is 16.8. The number of carbonyl (C=O) groups is 1. The van der Waals surface area contributed by atoms with Crippen LogP contribution in [0.4, 0.5) is 0 Å². The smallest absolute Gasteiger partial charge is 0.223 e. The molecular weight excluding hydrogens is 594 g/mol. The van der Waals surface area contributed by atoms with Crippen LogP contribution in [0, 0.1) is 68.9 Å². The molecule has 2 saturated heterocycles. The molecule has 8 nitrogen and oxygen atoms in total. The molecule has 263 valence electrons. The van der Waals surface area contributed by atoms with Gasteiger partial charge in [0.25, 0.3) is 0 Å². The first kappa shape index (κ1) is 33.4. The van der Waals surface area contributed by atoms with Crippen molar-refractivity contribution in [1.82, 2.24) is 4.90 Å². The molecule has 8 heteroatoms. The molecule has 0 aromatic rings. The SMILES string of the molecule is C[C@@H]1C[C]([C@H](O)C(C)(C)O)O[C]2[C@H]1[C@@]1(C)CC[C@@]34C[C@@]35CCC(O[C@H]3CN(C(=O)CC6CC6)CCO3)C(C)(C)[C@@H]5CC[C]4[C@]1(C)[C@H]2O. The Labute approximate surface area is 282 Å². The Kier molecular flexibility index (Phi) is 7.55. The Balaban J connectivity index is 1.01. The molecule has 6 aliphatic carbocycles. The number of fused-ring (bicyclic) bond motifs is 4. The van der Waals surface area contributed by atoms with Gasteiger partial charge in [-0.2, -0.15) is 0 Å². The molecule has 1 unspecified atom stereocenters. The van der Waals surface area contributed by atoms with Crippen LogP contribution >= 0.6 is 0 Å². The minimum atomic E-state index is -1.31. The largest absolute Gasteiger partial charge is 0.389 e. The van der Waals surface area contributed by atoms with E-state index in [0.717, 1.165) is 38.2 Å². The van der Waals surface area contributed by atoms with Crippen molar-refractivity contribution in [3.05, 3.63) is 18.1 Å². The van der Waals surface area contributed by atoms with Gasteiger partial charge in [0.2, 0.25) is 5.91 Å². The Morgan fingerprint density at radius 3 is 2.55 bits per heavy atom. The fraction of sp³-hybridized carbons (Fsp3) is 0.897. The molecule has 8 aliphatic rings. The van der Waals surface area contributed by atoms with Crippen LogP contribution in [0.1, 0.15) is 119 Å². The Morgan fingerprint density at radius 2 is 1.85 bits per heavy atom. The molecule has 0 aromatic heterocycles. The lowest BCUT2D eigenvalue weighted by atomic mass is 9.41. The lowest BCUT2D eigenvalue weighted by molar-refractivity contribution is -0.242. The maximum Gasteiger partial charge on any atom is 0.223 e. The number of nitrogens with zero attached hydrogens (tertiary/aromatic N) is 1. The molecule has 8 fully saturated rings. The molecule has 0 aromatic carbocycles. The van der Waals surface area contributed by atoms with Crippen molar-refractivity contribution < 1.29 is 34.3 Å². The van der Waals surface area contributed by atoms with Gasteiger partial charge in [-0.25, -0.2) is 0 Å². The van der Waals surface area contributed by atoms with Crippen LogP contribution in [0.2, 0.25) is 0 Å².